The van der Waals surface area contributed by atoms with E-state index < -0.39 is 0 Å². The molecule has 8 heteroatoms. The quantitative estimate of drug-likeness (QED) is 0.890. The van der Waals surface area contributed by atoms with E-state index in [0.717, 1.165) is 5.56 Å². The molecule has 0 unspecified atom stereocenters. The molecule has 0 radical (unpaired) electrons. The highest BCUT2D eigenvalue weighted by molar-refractivity contribution is 6.02. The maximum Gasteiger partial charge on any atom is 0.409 e. The van der Waals surface area contributed by atoms with Crippen LogP contribution < -0.4 is 10.2 Å². The third kappa shape index (κ3) is 4.72. The Labute approximate surface area is 158 Å². The Hall–Kier alpha value is -3.16. The SMILES string of the molecule is CCOC(=O)N1CCN(c2cnc(C(=O)Nc3ccc(C)cc3)cn2)CC1. The fourth-order valence-corrected chi connectivity index (χ4v) is 2.77. The van der Waals surface area contributed by atoms with Crippen LogP contribution in [0.4, 0.5) is 16.3 Å². The Kier molecular flexibility index (Phi) is 5.85. The number of aromatic nitrogens is 2. The van der Waals surface area contributed by atoms with E-state index in [1.54, 1.807) is 18.0 Å². The number of piperazine rings is 1. The van der Waals surface area contributed by atoms with Gasteiger partial charge in [-0.2, -0.15) is 0 Å². The Morgan fingerprint density at radius 3 is 2.37 bits per heavy atom. The Morgan fingerprint density at radius 2 is 1.78 bits per heavy atom. The van der Waals surface area contributed by atoms with E-state index in [-0.39, 0.29) is 17.7 Å². The molecule has 1 aliphatic heterocycles. The first-order valence-electron chi connectivity index (χ1n) is 8.93. The summed E-state index contributed by atoms with van der Waals surface area (Å²) in [7, 11) is 0. The molecule has 27 heavy (non-hydrogen) atoms. The lowest BCUT2D eigenvalue weighted by molar-refractivity contribution is 0.101. The van der Waals surface area contributed by atoms with Crippen molar-refractivity contribution in [2.45, 2.75) is 13.8 Å². The molecule has 0 aliphatic carbocycles. The molecule has 8 nitrogen and oxygen atoms in total. The number of hydrogen-bond donors (Lipinski definition) is 1. The number of benzene rings is 1. The molecule has 2 amide bonds. The largest absolute Gasteiger partial charge is 0.450 e. The van der Waals surface area contributed by atoms with Gasteiger partial charge in [0, 0.05) is 31.9 Å². The molecule has 0 bridgehead atoms. The van der Waals surface area contributed by atoms with Crippen molar-refractivity contribution in [1.29, 1.82) is 0 Å². The molecule has 1 saturated heterocycles. The van der Waals surface area contributed by atoms with Crippen molar-refractivity contribution in [3.63, 3.8) is 0 Å². The summed E-state index contributed by atoms with van der Waals surface area (Å²) in [6.45, 7) is 6.57. The van der Waals surface area contributed by atoms with Gasteiger partial charge in [-0.25, -0.2) is 14.8 Å². The van der Waals surface area contributed by atoms with Crippen LogP contribution in [0.1, 0.15) is 23.0 Å². The van der Waals surface area contributed by atoms with Gasteiger partial charge in [-0.3, -0.25) is 4.79 Å². The monoisotopic (exact) mass is 369 g/mol. The standard InChI is InChI=1S/C19H23N5O3/c1-3-27-19(26)24-10-8-23(9-11-24)17-13-20-16(12-21-17)18(25)22-15-6-4-14(2)5-7-15/h4-7,12-13H,3,8-11H2,1-2H3,(H,22,25). The lowest BCUT2D eigenvalue weighted by Crippen LogP contribution is -2.49. The second kappa shape index (κ2) is 8.48. The molecule has 0 atom stereocenters. The summed E-state index contributed by atoms with van der Waals surface area (Å²) in [6.07, 6.45) is 2.77. The Morgan fingerprint density at radius 1 is 1.07 bits per heavy atom. The predicted octanol–water partition coefficient (Wildman–Crippen LogP) is 2.32. The smallest absolute Gasteiger partial charge is 0.409 e. The predicted molar refractivity (Wildman–Crippen MR) is 102 cm³/mol. The molecular weight excluding hydrogens is 346 g/mol. The highest BCUT2D eigenvalue weighted by Crippen LogP contribution is 2.14. The van der Waals surface area contributed by atoms with Gasteiger partial charge in [-0.05, 0) is 26.0 Å². The summed E-state index contributed by atoms with van der Waals surface area (Å²) >= 11 is 0. The van der Waals surface area contributed by atoms with Crippen LogP contribution in [0.15, 0.2) is 36.7 Å². The summed E-state index contributed by atoms with van der Waals surface area (Å²) in [5.74, 6) is 0.385. The van der Waals surface area contributed by atoms with Crippen molar-refractivity contribution in [2.24, 2.45) is 0 Å². The minimum Gasteiger partial charge on any atom is -0.450 e. The maximum absolute atomic E-state index is 12.3. The summed E-state index contributed by atoms with van der Waals surface area (Å²) in [5.41, 5.74) is 2.09. The molecule has 2 aromatic rings. The van der Waals surface area contributed by atoms with Crippen molar-refractivity contribution in [3.05, 3.63) is 47.9 Å². The molecule has 3 rings (SSSR count). The lowest BCUT2D eigenvalue weighted by atomic mass is 10.2. The molecule has 1 aromatic carbocycles. The molecular formula is C19H23N5O3. The second-order valence-corrected chi connectivity index (χ2v) is 6.25. The van der Waals surface area contributed by atoms with Gasteiger partial charge in [0.1, 0.15) is 11.5 Å². The average molecular weight is 369 g/mol. The number of nitrogens with zero attached hydrogens (tertiary/aromatic N) is 4. The Bertz CT molecular complexity index is 784. The summed E-state index contributed by atoms with van der Waals surface area (Å²) in [4.78, 5) is 36.3. The van der Waals surface area contributed by atoms with Gasteiger partial charge in [0.25, 0.3) is 5.91 Å². The third-order valence-electron chi connectivity index (χ3n) is 4.31. The van der Waals surface area contributed by atoms with Gasteiger partial charge in [0.05, 0.1) is 19.0 Å². The second-order valence-electron chi connectivity index (χ2n) is 6.25. The topological polar surface area (TPSA) is 87.7 Å². The molecule has 1 fully saturated rings. The van der Waals surface area contributed by atoms with E-state index in [1.807, 2.05) is 36.1 Å². The first kappa shape index (κ1) is 18.6. The van der Waals surface area contributed by atoms with E-state index in [9.17, 15) is 9.59 Å². The first-order chi connectivity index (χ1) is 13.1. The van der Waals surface area contributed by atoms with Crippen LogP contribution >= 0.6 is 0 Å². The van der Waals surface area contributed by atoms with Crippen LogP contribution in [0.2, 0.25) is 0 Å². The van der Waals surface area contributed by atoms with Gasteiger partial charge in [0.2, 0.25) is 0 Å². The average Bonchev–Trinajstić information content (AvgIpc) is 2.70. The van der Waals surface area contributed by atoms with Crippen LogP contribution in [0.3, 0.4) is 0 Å². The number of aryl methyl sites for hydroxylation is 1. The number of carbonyl (C=O) groups excluding carboxylic acids is 2. The van der Waals surface area contributed by atoms with Crippen LogP contribution in [-0.4, -0.2) is 59.7 Å². The zero-order valence-corrected chi connectivity index (χ0v) is 15.5. The summed E-state index contributed by atoms with van der Waals surface area (Å²) < 4.78 is 5.02. The number of nitrogens with one attached hydrogen (secondary N) is 1. The lowest BCUT2D eigenvalue weighted by Gasteiger charge is -2.34. The number of anilines is 2. The maximum atomic E-state index is 12.3. The van der Waals surface area contributed by atoms with Crippen molar-refractivity contribution < 1.29 is 14.3 Å². The molecule has 0 spiro atoms. The number of rotatable bonds is 4. The number of hydrogen-bond acceptors (Lipinski definition) is 6. The zero-order chi connectivity index (χ0) is 19.2. The third-order valence-corrected chi connectivity index (χ3v) is 4.31. The van der Waals surface area contributed by atoms with Crippen LogP contribution in [0, 0.1) is 6.92 Å². The normalized spacial score (nSPS) is 14.0. The molecule has 0 saturated carbocycles. The van der Waals surface area contributed by atoms with E-state index in [2.05, 4.69) is 15.3 Å². The van der Waals surface area contributed by atoms with Gasteiger partial charge in [0.15, 0.2) is 0 Å². The fraction of sp³-hybridized carbons (Fsp3) is 0.368. The zero-order valence-electron chi connectivity index (χ0n) is 15.5. The van der Waals surface area contributed by atoms with Crippen LogP contribution in [0.5, 0.6) is 0 Å². The van der Waals surface area contributed by atoms with Crippen LogP contribution in [-0.2, 0) is 4.74 Å². The van der Waals surface area contributed by atoms with Crippen molar-refractivity contribution in [3.8, 4) is 0 Å². The van der Waals surface area contributed by atoms with Crippen molar-refractivity contribution >= 4 is 23.5 Å². The van der Waals surface area contributed by atoms with Crippen LogP contribution in [0.25, 0.3) is 0 Å². The number of ether oxygens (including phenoxy) is 1. The minimum absolute atomic E-state index is 0.254. The van der Waals surface area contributed by atoms with E-state index in [1.165, 1.54) is 6.20 Å². The molecule has 1 N–H and O–H groups in total. The van der Waals surface area contributed by atoms with Crippen molar-refractivity contribution in [2.75, 3.05) is 43.0 Å². The van der Waals surface area contributed by atoms with Crippen molar-refractivity contribution in [1.82, 2.24) is 14.9 Å². The number of carbonyl (C=O) groups is 2. The molecule has 1 aliphatic rings. The highest BCUT2D eigenvalue weighted by Gasteiger charge is 2.23. The fourth-order valence-electron chi connectivity index (χ4n) is 2.77. The highest BCUT2D eigenvalue weighted by atomic mass is 16.6. The molecule has 142 valence electrons. The van der Waals surface area contributed by atoms with Gasteiger partial charge >= 0.3 is 6.09 Å². The number of amides is 2. The van der Waals surface area contributed by atoms with E-state index in [0.29, 0.717) is 44.3 Å². The van der Waals surface area contributed by atoms with E-state index in [4.69, 9.17) is 4.74 Å². The first-order valence-corrected chi connectivity index (χ1v) is 8.93. The van der Waals surface area contributed by atoms with Gasteiger partial charge in [-0.15, -0.1) is 0 Å². The molecule has 2 heterocycles. The minimum atomic E-state index is -0.301. The molecule has 1 aromatic heterocycles. The Balaban J connectivity index is 1.56. The van der Waals surface area contributed by atoms with E-state index >= 15 is 0 Å². The van der Waals surface area contributed by atoms with Gasteiger partial charge < -0.3 is 19.9 Å². The summed E-state index contributed by atoms with van der Waals surface area (Å²) in [5, 5.41) is 2.80. The van der Waals surface area contributed by atoms with Gasteiger partial charge in [-0.1, -0.05) is 17.7 Å². The summed E-state index contributed by atoms with van der Waals surface area (Å²) in [6, 6.07) is 7.55.